The first-order valence-electron chi connectivity index (χ1n) is 7.69. The summed E-state index contributed by atoms with van der Waals surface area (Å²) in [6, 6.07) is 3.74. The van der Waals surface area contributed by atoms with Crippen LogP contribution in [0.2, 0.25) is 5.02 Å². The summed E-state index contributed by atoms with van der Waals surface area (Å²) >= 11 is 6.41. The number of morpholine rings is 1. The normalized spacial score (nSPS) is 28.6. The van der Waals surface area contributed by atoms with Crippen LogP contribution in [0.5, 0.6) is 0 Å². The second-order valence-corrected chi connectivity index (χ2v) is 6.93. The lowest BCUT2D eigenvalue weighted by molar-refractivity contribution is -0.263. The zero-order valence-corrected chi connectivity index (χ0v) is 14.3. The molecular formula is C17H26ClNO2. The fourth-order valence-corrected chi connectivity index (χ4v) is 3.32. The molecule has 1 fully saturated rings. The third-order valence-corrected chi connectivity index (χ3v) is 4.73. The molecule has 1 aromatic rings. The van der Waals surface area contributed by atoms with Crippen molar-refractivity contribution in [3.05, 3.63) is 33.8 Å². The highest BCUT2D eigenvalue weighted by Crippen LogP contribution is 2.36. The van der Waals surface area contributed by atoms with Crippen molar-refractivity contribution >= 4 is 11.6 Å². The van der Waals surface area contributed by atoms with Gasteiger partial charge in [-0.15, -0.1) is 0 Å². The van der Waals surface area contributed by atoms with Gasteiger partial charge in [0.2, 0.25) is 5.79 Å². The van der Waals surface area contributed by atoms with Crippen molar-refractivity contribution in [2.75, 3.05) is 6.61 Å². The van der Waals surface area contributed by atoms with Crippen molar-refractivity contribution in [3.8, 4) is 0 Å². The Morgan fingerprint density at radius 3 is 2.24 bits per heavy atom. The van der Waals surface area contributed by atoms with Crippen LogP contribution in [0, 0.1) is 0 Å². The number of aliphatic hydroxyl groups is 1. The second-order valence-electron chi connectivity index (χ2n) is 6.55. The molecule has 0 bridgehead atoms. The molecule has 4 heteroatoms. The molecule has 2 atom stereocenters. The van der Waals surface area contributed by atoms with Crippen LogP contribution in [0.1, 0.15) is 51.3 Å². The van der Waals surface area contributed by atoms with Crippen LogP contribution in [-0.4, -0.2) is 23.3 Å². The molecule has 1 heterocycles. The first-order valence-corrected chi connectivity index (χ1v) is 8.07. The Hall–Kier alpha value is -0.610. The van der Waals surface area contributed by atoms with Gasteiger partial charge < -0.3 is 15.2 Å². The lowest BCUT2D eigenvalue weighted by atomic mass is 9.90. The molecule has 0 amide bonds. The number of aryl methyl sites for hydroxylation is 2. The number of ether oxygens (including phenoxy) is 1. The summed E-state index contributed by atoms with van der Waals surface area (Å²) in [7, 11) is 0. The second kappa shape index (κ2) is 5.88. The molecule has 2 unspecified atom stereocenters. The molecule has 118 valence electrons. The van der Waals surface area contributed by atoms with Crippen molar-refractivity contribution < 1.29 is 9.84 Å². The van der Waals surface area contributed by atoms with Crippen LogP contribution >= 0.6 is 11.6 Å². The van der Waals surface area contributed by atoms with Gasteiger partial charge in [0.1, 0.15) is 0 Å². The molecule has 1 aliphatic heterocycles. The molecule has 0 radical (unpaired) electrons. The predicted molar refractivity (Wildman–Crippen MR) is 86.7 cm³/mol. The molecule has 3 nitrogen and oxygen atoms in total. The minimum atomic E-state index is -1.31. The van der Waals surface area contributed by atoms with Gasteiger partial charge >= 0.3 is 0 Å². The highest BCUT2D eigenvalue weighted by atomic mass is 35.5. The number of nitrogens with one attached hydrogen (secondary N) is 1. The topological polar surface area (TPSA) is 41.5 Å². The molecule has 1 saturated heterocycles. The van der Waals surface area contributed by atoms with Crippen molar-refractivity contribution in [1.82, 2.24) is 5.32 Å². The summed E-state index contributed by atoms with van der Waals surface area (Å²) in [5.74, 6) is -1.31. The first-order chi connectivity index (χ1) is 9.73. The summed E-state index contributed by atoms with van der Waals surface area (Å²) in [5, 5.41) is 15.3. The van der Waals surface area contributed by atoms with Gasteiger partial charge in [-0.1, -0.05) is 25.4 Å². The van der Waals surface area contributed by atoms with E-state index in [-0.39, 0.29) is 11.6 Å². The fourth-order valence-electron chi connectivity index (χ4n) is 2.95. The van der Waals surface area contributed by atoms with E-state index in [1.807, 2.05) is 19.1 Å². The zero-order valence-electron chi connectivity index (χ0n) is 13.6. The Morgan fingerprint density at radius 2 is 1.81 bits per heavy atom. The molecule has 0 aromatic heterocycles. The highest BCUT2D eigenvalue weighted by Gasteiger charge is 2.45. The van der Waals surface area contributed by atoms with Gasteiger partial charge in [-0.05, 0) is 56.9 Å². The average Bonchev–Trinajstić information content (AvgIpc) is 2.43. The molecule has 2 rings (SSSR count). The minimum Gasteiger partial charge on any atom is -0.361 e. The maximum Gasteiger partial charge on any atom is 0.208 e. The van der Waals surface area contributed by atoms with Gasteiger partial charge in [-0.25, -0.2) is 0 Å². The van der Waals surface area contributed by atoms with Gasteiger partial charge in [-0.3, -0.25) is 0 Å². The van der Waals surface area contributed by atoms with Crippen LogP contribution in [0.4, 0.5) is 0 Å². The molecule has 0 saturated carbocycles. The van der Waals surface area contributed by atoms with E-state index in [2.05, 4.69) is 33.0 Å². The fraction of sp³-hybridized carbons (Fsp3) is 0.647. The predicted octanol–water partition coefficient (Wildman–Crippen LogP) is 3.40. The minimum absolute atomic E-state index is 0.140. The maximum absolute atomic E-state index is 11.0. The molecule has 1 aliphatic rings. The average molecular weight is 312 g/mol. The molecule has 1 aromatic carbocycles. The third kappa shape index (κ3) is 3.11. The largest absolute Gasteiger partial charge is 0.361 e. The standard InChI is InChI=1S/C17H26ClNO2/c1-6-12-8-14(9-13(7-2)15(12)18)17(20)11(3)19-16(4,5)10-21-17/h8-9,11,19-20H,6-7,10H2,1-5H3. The van der Waals surface area contributed by atoms with Crippen LogP contribution in [-0.2, 0) is 23.4 Å². The van der Waals surface area contributed by atoms with Gasteiger partial charge in [0.15, 0.2) is 0 Å². The van der Waals surface area contributed by atoms with Gasteiger partial charge in [0, 0.05) is 16.1 Å². The molecule has 21 heavy (non-hydrogen) atoms. The summed E-state index contributed by atoms with van der Waals surface area (Å²) in [6.45, 7) is 10.7. The van der Waals surface area contributed by atoms with Crippen LogP contribution in [0.15, 0.2) is 12.1 Å². The van der Waals surface area contributed by atoms with Gasteiger partial charge in [0.25, 0.3) is 0 Å². The smallest absolute Gasteiger partial charge is 0.208 e. The SMILES string of the molecule is CCc1cc(C2(O)OCC(C)(C)NC2C)cc(CC)c1Cl. The Morgan fingerprint density at radius 1 is 1.29 bits per heavy atom. The maximum atomic E-state index is 11.0. The highest BCUT2D eigenvalue weighted by molar-refractivity contribution is 6.32. The van der Waals surface area contributed by atoms with E-state index in [4.69, 9.17) is 16.3 Å². The van der Waals surface area contributed by atoms with Crippen LogP contribution in [0.3, 0.4) is 0 Å². The number of hydrogen-bond donors (Lipinski definition) is 2. The third-order valence-electron chi connectivity index (χ3n) is 4.25. The van der Waals surface area contributed by atoms with Crippen LogP contribution < -0.4 is 5.32 Å². The number of benzene rings is 1. The summed E-state index contributed by atoms with van der Waals surface area (Å²) in [6.07, 6.45) is 1.67. The Balaban J connectivity index is 2.45. The first kappa shape index (κ1) is 16.8. The van der Waals surface area contributed by atoms with Crippen molar-refractivity contribution in [2.24, 2.45) is 0 Å². The van der Waals surface area contributed by atoms with E-state index < -0.39 is 5.79 Å². The summed E-state index contributed by atoms with van der Waals surface area (Å²) in [4.78, 5) is 0. The van der Waals surface area contributed by atoms with Crippen LogP contribution in [0.25, 0.3) is 0 Å². The quantitative estimate of drug-likeness (QED) is 0.899. The Labute approximate surface area is 132 Å². The zero-order chi connectivity index (χ0) is 15.8. The number of rotatable bonds is 3. The van der Waals surface area contributed by atoms with E-state index in [0.717, 1.165) is 34.6 Å². The molecule has 2 N–H and O–H groups in total. The van der Waals surface area contributed by atoms with Crippen molar-refractivity contribution in [3.63, 3.8) is 0 Å². The Kier molecular flexibility index (Phi) is 4.69. The summed E-state index contributed by atoms with van der Waals surface area (Å²) in [5.41, 5.74) is 2.76. The lowest BCUT2D eigenvalue weighted by Crippen LogP contribution is -2.63. The Bertz CT molecular complexity index is 505. The van der Waals surface area contributed by atoms with Crippen molar-refractivity contribution in [2.45, 2.75) is 64.8 Å². The van der Waals surface area contributed by atoms with E-state index in [9.17, 15) is 5.11 Å². The summed E-state index contributed by atoms with van der Waals surface area (Å²) < 4.78 is 5.87. The lowest BCUT2D eigenvalue weighted by Gasteiger charge is -2.46. The van der Waals surface area contributed by atoms with E-state index in [1.54, 1.807) is 0 Å². The van der Waals surface area contributed by atoms with Crippen molar-refractivity contribution in [1.29, 1.82) is 0 Å². The number of hydrogen-bond acceptors (Lipinski definition) is 3. The van der Waals surface area contributed by atoms with E-state index in [0.29, 0.717) is 6.61 Å². The number of halogens is 1. The molecule has 0 aliphatic carbocycles. The van der Waals surface area contributed by atoms with Gasteiger partial charge in [-0.2, -0.15) is 0 Å². The van der Waals surface area contributed by atoms with E-state index in [1.165, 1.54) is 0 Å². The monoisotopic (exact) mass is 311 g/mol. The molecule has 0 spiro atoms. The molecular weight excluding hydrogens is 286 g/mol. The van der Waals surface area contributed by atoms with E-state index >= 15 is 0 Å². The van der Waals surface area contributed by atoms with Gasteiger partial charge in [0.05, 0.1) is 12.6 Å².